The zero-order valence-electron chi connectivity index (χ0n) is 21.4. The van der Waals surface area contributed by atoms with Gasteiger partial charge < -0.3 is 14.4 Å². The molecule has 0 saturated heterocycles. The average molecular weight is 555 g/mol. The molecule has 0 spiro atoms. The molecular formula is C30H33BrFNO3. The SMILES string of the molecule is Cc1c(OCCCBr)cccc1-c1cccc(-c2ccc3c(c2)CCN(C(=O)OC(C)(C)C)C3)c1F. The summed E-state index contributed by atoms with van der Waals surface area (Å²) < 4.78 is 27.4. The molecule has 1 amide bonds. The van der Waals surface area contributed by atoms with E-state index in [0.717, 1.165) is 45.3 Å². The van der Waals surface area contributed by atoms with Crippen molar-refractivity contribution in [3.8, 4) is 28.0 Å². The molecule has 0 atom stereocenters. The van der Waals surface area contributed by atoms with Crippen LogP contribution in [0.3, 0.4) is 0 Å². The summed E-state index contributed by atoms with van der Waals surface area (Å²) in [6.45, 7) is 9.26. The Kier molecular flexibility index (Phi) is 8.04. The fourth-order valence-electron chi connectivity index (χ4n) is 4.47. The fourth-order valence-corrected chi connectivity index (χ4v) is 4.69. The zero-order valence-corrected chi connectivity index (χ0v) is 23.0. The minimum atomic E-state index is -0.526. The normalized spacial score (nSPS) is 13.3. The van der Waals surface area contributed by atoms with Crippen LogP contribution in [-0.4, -0.2) is 35.1 Å². The number of alkyl halides is 1. The number of nitrogens with zero attached hydrogens (tertiary/aromatic N) is 1. The van der Waals surface area contributed by atoms with E-state index in [1.54, 1.807) is 4.90 Å². The Morgan fingerprint density at radius 1 is 1.03 bits per heavy atom. The van der Waals surface area contributed by atoms with Gasteiger partial charge in [-0.2, -0.15) is 0 Å². The number of carbonyl (C=O) groups excluding carboxylic acids is 1. The second-order valence-corrected chi connectivity index (χ2v) is 10.9. The van der Waals surface area contributed by atoms with Gasteiger partial charge in [0, 0.05) is 29.5 Å². The van der Waals surface area contributed by atoms with Gasteiger partial charge in [0.05, 0.1) is 6.61 Å². The lowest BCUT2D eigenvalue weighted by Crippen LogP contribution is -2.39. The van der Waals surface area contributed by atoms with Gasteiger partial charge in [0.25, 0.3) is 0 Å². The Labute approximate surface area is 221 Å². The first-order chi connectivity index (χ1) is 17.2. The highest BCUT2D eigenvalue weighted by Crippen LogP contribution is 2.36. The molecule has 1 aliphatic heterocycles. The van der Waals surface area contributed by atoms with Crippen molar-refractivity contribution in [2.75, 3.05) is 18.5 Å². The first kappa shape index (κ1) is 26.2. The number of carbonyl (C=O) groups is 1. The second-order valence-electron chi connectivity index (χ2n) is 10.1. The number of rotatable bonds is 6. The molecule has 0 aliphatic carbocycles. The van der Waals surface area contributed by atoms with Gasteiger partial charge in [0.15, 0.2) is 0 Å². The lowest BCUT2D eigenvalue weighted by Gasteiger charge is -2.31. The monoisotopic (exact) mass is 553 g/mol. The molecule has 1 heterocycles. The Morgan fingerprint density at radius 2 is 1.75 bits per heavy atom. The number of benzene rings is 3. The van der Waals surface area contributed by atoms with Crippen LogP contribution >= 0.6 is 15.9 Å². The third kappa shape index (κ3) is 5.92. The van der Waals surface area contributed by atoms with E-state index < -0.39 is 5.60 Å². The van der Waals surface area contributed by atoms with Crippen LogP contribution in [0.1, 0.15) is 43.9 Å². The summed E-state index contributed by atoms with van der Waals surface area (Å²) in [7, 11) is 0. The maximum atomic E-state index is 15.9. The predicted octanol–water partition coefficient (Wildman–Crippen LogP) is 7.93. The summed E-state index contributed by atoms with van der Waals surface area (Å²) in [5.74, 6) is 0.533. The molecule has 4 nitrogen and oxygen atoms in total. The molecule has 0 aromatic heterocycles. The Morgan fingerprint density at radius 3 is 2.50 bits per heavy atom. The van der Waals surface area contributed by atoms with E-state index in [0.29, 0.717) is 37.2 Å². The third-order valence-electron chi connectivity index (χ3n) is 6.29. The second kappa shape index (κ2) is 11.0. The molecule has 6 heteroatoms. The zero-order chi connectivity index (χ0) is 25.9. The van der Waals surface area contributed by atoms with Gasteiger partial charge in [-0.05, 0) is 74.4 Å². The van der Waals surface area contributed by atoms with Crippen molar-refractivity contribution in [2.45, 2.75) is 52.7 Å². The van der Waals surface area contributed by atoms with Gasteiger partial charge in [0.2, 0.25) is 0 Å². The van der Waals surface area contributed by atoms with E-state index in [4.69, 9.17) is 9.47 Å². The van der Waals surface area contributed by atoms with Crippen LogP contribution in [0.25, 0.3) is 22.3 Å². The van der Waals surface area contributed by atoms with Gasteiger partial charge in [-0.1, -0.05) is 64.5 Å². The molecule has 0 N–H and O–H groups in total. The van der Waals surface area contributed by atoms with E-state index in [-0.39, 0.29) is 11.9 Å². The van der Waals surface area contributed by atoms with E-state index in [2.05, 4.69) is 22.0 Å². The number of hydrogen-bond donors (Lipinski definition) is 0. The third-order valence-corrected chi connectivity index (χ3v) is 6.85. The minimum absolute atomic E-state index is 0.246. The predicted molar refractivity (Wildman–Crippen MR) is 146 cm³/mol. The van der Waals surface area contributed by atoms with Crippen molar-refractivity contribution >= 4 is 22.0 Å². The Bertz CT molecular complexity index is 1250. The number of fused-ring (bicyclic) bond motifs is 1. The quantitative estimate of drug-likeness (QED) is 0.230. The van der Waals surface area contributed by atoms with Gasteiger partial charge in [-0.25, -0.2) is 9.18 Å². The van der Waals surface area contributed by atoms with E-state index in [9.17, 15) is 4.79 Å². The van der Waals surface area contributed by atoms with Crippen LogP contribution in [-0.2, 0) is 17.7 Å². The lowest BCUT2D eigenvalue weighted by molar-refractivity contribution is 0.0224. The number of amides is 1. The highest BCUT2D eigenvalue weighted by molar-refractivity contribution is 9.09. The minimum Gasteiger partial charge on any atom is -0.493 e. The lowest BCUT2D eigenvalue weighted by atomic mass is 9.92. The van der Waals surface area contributed by atoms with Gasteiger partial charge >= 0.3 is 6.09 Å². The number of halogens is 2. The number of hydrogen-bond acceptors (Lipinski definition) is 3. The molecule has 4 rings (SSSR count). The largest absolute Gasteiger partial charge is 0.493 e. The van der Waals surface area contributed by atoms with E-state index in [1.165, 1.54) is 0 Å². The fraction of sp³-hybridized carbons (Fsp3) is 0.367. The van der Waals surface area contributed by atoms with E-state index in [1.807, 2.05) is 76.2 Å². The average Bonchev–Trinajstić information content (AvgIpc) is 2.84. The highest BCUT2D eigenvalue weighted by atomic mass is 79.9. The molecule has 3 aromatic rings. The summed E-state index contributed by atoms with van der Waals surface area (Å²) in [6.07, 6.45) is 1.31. The first-order valence-electron chi connectivity index (χ1n) is 12.4. The standard InChI is InChI=1S/C30H33BrFNO3/c1-20-24(8-6-11-27(20)35-17-7-15-31)26-10-5-9-25(28(26)32)22-12-13-23-19-33(16-14-21(23)18-22)29(34)36-30(2,3)4/h5-6,8-13,18H,7,14-17,19H2,1-4H3. The van der Waals surface area contributed by atoms with Crippen molar-refractivity contribution in [3.05, 3.63) is 77.1 Å². The summed E-state index contributed by atoms with van der Waals surface area (Å²) in [5, 5.41) is 0.877. The maximum Gasteiger partial charge on any atom is 0.410 e. The highest BCUT2D eigenvalue weighted by Gasteiger charge is 2.26. The van der Waals surface area contributed by atoms with E-state index >= 15 is 4.39 Å². The molecular weight excluding hydrogens is 521 g/mol. The van der Waals surface area contributed by atoms with Crippen molar-refractivity contribution in [1.82, 2.24) is 4.90 Å². The molecule has 1 aliphatic rings. The molecule has 0 unspecified atom stereocenters. The van der Waals surface area contributed by atoms with Gasteiger partial charge in [-0.3, -0.25) is 0 Å². The summed E-state index contributed by atoms with van der Waals surface area (Å²) >= 11 is 3.42. The van der Waals surface area contributed by atoms with Crippen LogP contribution in [0.15, 0.2) is 54.6 Å². The summed E-state index contributed by atoms with van der Waals surface area (Å²) in [4.78, 5) is 14.2. The molecule has 0 saturated carbocycles. The van der Waals surface area contributed by atoms with Gasteiger partial charge in [0.1, 0.15) is 17.2 Å². The summed E-state index contributed by atoms with van der Waals surface area (Å²) in [6, 6.07) is 17.3. The van der Waals surface area contributed by atoms with Crippen molar-refractivity contribution in [3.63, 3.8) is 0 Å². The van der Waals surface area contributed by atoms with Crippen LogP contribution in [0.5, 0.6) is 5.75 Å². The first-order valence-corrected chi connectivity index (χ1v) is 13.5. The molecule has 190 valence electrons. The van der Waals surface area contributed by atoms with Crippen LogP contribution < -0.4 is 4.74 Å². The van der Waals surface area contributed by atoms with Crippen LogP contribution in [0, 0.1) is 12.7 Å². The smallest absolute Gasteiger partial charge is 0.410 e. The topological polar surface area (TPSA) is 38.8 Å². The molecule has 36 heavy (non-hydrogen) atoms. The van der Waals surface area contributed by atoms with Crippen molar-refractivity contribution < 1.29 is 18.7 Å². The molecule has 0 fully saturated rings. The summed E-state index contributed by atoms with van der Waals surface area (Å²) in [5.41, 5.74) is 5.39. The van der Waals surface area contributed by atoms with Crippen molar-refractivity contribution in [2.24, 2.45) is 0 Å². The Balaban J connectivity index is 1.60. The molecule has 0 bridgehead atoms. The molecule has 3 aromatic carbocycles. The van der Waals surface area contributed by atoms with Crippen LogP contribution in [0.4, 0.5) is 9.18 Å². The molecule has 0 radical (unpaired) electrons. The maximum absolute atomic E-state index is 15.9. The van der Waals surface area contributed by atoms with Crippen molar-refractivity contribution in [1.29, 1.82) is 0 Å². The Hall–Kier alpha value is -2.86. The number of ether oxygens (including phenoxy) is 2. The van der Waals surface area contributed by atoms with Crippen LogP contribution in [0.2, 0.25) is 0 Å². The van der Waals surface area contributed by atoms with Gasteiger partial charge in [-0.15, -0.1) is 0 Å².